The summed E-state index contributed by atoms with van der Waals surface area (Å²) < 4.78 is 48.2. The molecule has 256 valence electrons. The lowest BCUT2D eigenvalue weighted by Gasteiger charge is -2.37. The first-order valence-electron chi connectivity index (χ1n) is 16.2. The summed E-state index contributed by atoms with van der Waals surface area (Å²) >= 11 is 5.45. The third-order valence-corrected chi connectivity index (χ3v) is 9.40. The molecule has 0 bridgehead atoms. The van der Waals surface area contributed by atoms with E-state index in [4.69, 9.17) is 26.4 Å². The van der Waals surface area contributed by atoms with E-state index in [2.05, 4.69) is 32.0 Å². The predicted molar refractivity (Wildman–Crippen MR) is 184 cm³/mol. The zero-order valence-corrected chi connectivity index (χ0v) is 28.1. The fraction of sp³-hybridized carbons (Fsp3) is 0.371. The molecule has 0 spiro atoms. The van der Waals surface area contributed by atoms with Crippen molar-refractivity contribution in [2.75, 3.05) is 60.6 Å². The van der Waals surface area contributed by atoms with Crippen molar-refractivity contribution in [3.05, 3.63) is 96.6 Å². The standard InChI is InChI=1S/C35H37F2N7O4S/c1-24(2)44-32(49)18-43(34(44)45)28-6-4-26(5-7-28)40-13-15-41(16-14-40)27-8-10-29(11-9-27)46-19-33-47-21-35(48-33,20-42-23-38-22-39-42)30-12-3-25(36)17-31(30)37/h3-12,17,22-24,33H,13-16,18-21H2,1-2H3/t33-,35+/m0/s1. The highest BCUT2D eigenvalue weighted by atomic mass is 32.1. The fourth-order valence-corrected chi connectivity index (χ4v) is 7.00. The summed E-state index contributed by atoms with van der Waals surface area (Å²) in [5.74, 6) is -0.753. The van der Waals surface area contributed by atoms with Crippen LogP contribution in [0.25, 0.3) is 0 Å². The zero-order valence-electron chi connectivity index (χ0n) is 27.2. The molecule has 0 saturated carbocycles. The van der Waals surface area contributed by atoms with Crippen LogP contribution in [0.15, 0.2) is 79.4 Å². The van der Waals surface area contributed by atoms with Gasteiger partial charge in [0.2, 0.25) is 0 Å². The molecule has 11 nitrogen and oxygen atoms in total. The van der Waals surface area contributed by atoms with Crippen LogP contribution < -0.4 is 19.4 Å². The maximum Gasteiger partial charge on any atom is 0.330 e. The van der Waals surface area contributed by atoms with Crippen LogP contribution in [-0.2, 0) is 21.6 Å². The van der Waals surface area contributed by atoms with Gasteiger partial charge in [-0.25, -0.2) is 23.2 Å². The van der Waals surface area contributed by atoms with E-state index < -0.39 is 23.5 Å². The van der Waals surface area contributed by atoms with E-state index in [-0.39, 0.29) is 37.4 Å². The molecule has 3 aromatic carbocycles. The average Bonchev–Trinajstić information content (AvgIpc) is 3.84. The van der Waals surface area contributed by atoms with Crippen LogP contribution in [0.2, 0.25) is 0 Å². The van der Waals surface area contributed by atoms with Crippen molar-refractivity contribution in [2.24, 2.45) is 0 Å². The zero-order chi connectivity index (χ0) is 34.1. The number of amides is 2. The number of hydrogen-bond donors (Lipinski definition) is 0. The van der Waals surface area contributed by atoms with Crippen molar-refractivity contribution < 1.29 is 27.8 Å². The van der Waals surface area contributed by atoms with E-state index >= 15 is 0 Å². The van der Waals surface area contributed by atoms with Crippen LogP contribution in [0.3, 0.4) is 0 Å². The second-order valence-corrected chi connectivity index (χ2v) is 13.1. The van der Waals surface area contributed by atoms with E-state index in [0.717, 1.165) is 49.3 Å². The summed E-state index contributed by atoms with van der Waals surface area (Å²) in [5.41, 5.74) is 2.00. The van der Waals surface area contributed by atoms with Crippen LogP contribution in [0.1, 0.15) is 19.4 Å². The Hall–Kier alpha value is -4.66. The summed E-state index contributed by atoms with van der Waals surface area (Å²) in [6.45, 7) is 8.01. The van der Waals surface area contributed by atoms with Gasteiger partial charge in [0.15, 0.2) is 6.29 Å². The lowest BCUT2D eigenvalue weighted by atomic mass is 9.94. The molecule has 2 atom stereocenters. The molecule has 7 rings (SSSR count). The number of ether oxygens (including phenoxy) is 3. The van der Waals surface area contributed by atoms with Gasteiger partial charge in [0, 0.05) is 60.9 Å². The molecule has 3 saturated heterocycles. The van der Waals surface area contributed by atoms with E-state index in [9.17, 15) is 13.6 Å². The largest absolute Gasteiger partial charge is 0.488 e. The van der Waals surface area contributed by atoms with Gasteiger partial charge in [-0.15, -0.1) is 0 Å². The Labute approximate surface area is 288 Å². The monoisotopic (exact) mass is 689 g/mol. The lowest BCUT2D eigenvalue weighted by molar-refractivity contribution is -0.117. The minimum atomic E-state index is -1.23. The Morgan fingerprint density at radius 2 is 1.61 bits per heavy atom. The average molecular weight is 690 g/mol. The second-order valence-electron chi connectivity index (χ2n) is 12.6. The Morgan fingerprint density at radius 3 is 2.20 bits per heavy atom. The molecule has 3 aliphatic rings. The van der Waals surface area contributed by atoms with Crippen LogP contribution >= 0.6 is 12.2 Å². The number of nitrogens with zero attached hydrogens (tertiary/aromatic N) is 7. The third-order valence-electron chi connectivity index (χ3n) is 9.08. The number of halogens is 2. The smallest absolute Gasteiger partial charge is 0.330 e. The maximum absolute atomic E-state index is 14.9. The molecule has 0 unspecified atom stereocenters. The maximum atomic E-state index is 14.9. The quantitative estimate of drug-likeness (QED) is 0.209. The summed E-state index contributed by atoms with van der Waals surface area (Å²) in [6, 6.07) is 19.3. The van der Waals surface area contributed by atoms with Crippen LogP contribution in [0, 0.1) is 11.6 Å². The molecular formula is C35H37F2N7O4S. The second kappa shape index (κ2) is 13.7. The topological polar surface area (TPSA) is 88.4 Å². The van der Waals surface area contributed by atoms with Crippen molar-refractivity contribution in [1.29, 1.82) is 0 Å². The van der Waals surface area contributed by atoms with Gasteiger partial charge in [0.05, 0.1) is 19.7 Å². The Bertz CT molecular complexity index is 1790. The third kappa shape index (κ3) is 6.80. The van der Waals surface area contributed by atoms with Crippen LogP contribution in [0.4, 0.5) is 30.6 Å². The number of carbonyl (C=O) groups is 1. The normalized spacial score (nSPS) is 21.4. The molecule has 4 aromatic rings. The van der Waals surface area contributed by atoms with E-state index in [1.807, 2.05) is 50.2 Å². The molecule has 1 aromatic heterocycles. The first-order chi connectivity index (χ1) is 23.7. The van der Waals surface area contributed by atoms with Gasteiger partial charge in [0.1, 0.15) is 47.2 Å². The van der Waals surface area contributed by atoms with Crippen molar-refractivity contribution in [2.45, 2.75) is 38.3 Å². The summed E-state index contributed by atoms with van der Waals surface area (Å²) in [4.78, 5) is 25.6. The lowest BCUT2D eigenvalue weighted by Crippen LogP contribution is -2.46. The summed E-state index contributed by atoms with van der Waals surface area (Å²) in [6.07, 6.45) is 2.11. The first-order valence-corrected chi connectivity index (χ1v) is 16.6. The molecule has 14 heteroatoms. The van der Waals surface area contributed by atoms with Crippen molar-refractivity contribution in [3.63, 3.8) is 0 Å². The van der Waals surface area contributed by atoms with Gasteiger partial charge in [-0.1, -0.05) is 18.3 Å². The van der Waals surface area contributed by atoms with Crippen LogP contribution in [0.5, 0.6) is 5.75 Å². The van der Waals surface area contributed by atoms with Crippen LogP contribution in [-0.4, -0.2) is 89.0 Å². The number of urea groups is 1. The molecule has 3 fully saturated rings. The number of thiocarbonyl (C=S) groups is 1. The van der Waals surface area contributed by atoms with Gasteiger partial charge in [-0.05, 0) is 68.4 Å². The molecule has 0 radical (unpaired) electrons. The molecule has 2 amide bonds. The molecule has 0 N–H and O–H groups in total. The minimum absolute atomic E-state index is 0.0300. The molecule has 3 aliphatic heterocycles. The van der Waals surface area contributed by atoms with E-state index in [1.165, 1.54) is 29.5 Å². The number of piperazine rings is 1. The SMILES string of the molecule is CC(C)N1C(=O)N(c2ccc(N3CCN(c4ccc(OC[C@H]5OC[C@](Cn6cncn6)(c6ccc(F)cc6F)O5)cc4)CC3)cc2)CC1=S. The molecule has 0 aliphatic carbocycles. The number of anilines is 3. The van der Waals surface area contributed by atoms with Crippen molar-refractivity contribution in [1.82, 2.24) is 19.7 Å². The Balaban J connectivity index is 0.917. The van der Waals surface area contributed by atoms with Crippen molar-refractivity contribution in [3.8, 4) is 5.75 Å². The van der Waals surface area contributed by atoms with Gasteiger partial charge >= 0.3 is 6.03 Å². The molecule has 4 heterocycles. The molecular weight excluding hydrogens is 652 g/mol. The summed E-state index contributed by atoms with van der Waals surface area (Å²) in [7, 11) is 0. The Kier molecular flexibility index (Phi) is 9.18. The number of aromatic nitrogens is 3. The van der Waals surface area contributed by atoms with Crippen molar-refractivity contribution >= 4 is 40.3 Å². The highest BCUT2D eigenvalue weighted by Crippen LogP contribution is 2.37. The fourth-order valence-electron chi connectivity index (χ4n) is 6.58. The number of hydrogen-bond acceptors (Lipinski definition) is 9. The first kappa shape index (κ1) is 32.9. The minimum Gasteiger partial charge on any atom is -0.488 e. The number of benzene rings is 3. The van der Waals surface area contributed by atoms with E-state index in [0.29, 0.717) is 17.3 Å². The van der Waals surface area contributed by atoms with E-state index in [1.54, 1.807) is 9.80 Å². The summed E-state index contributed by atoms with van der Waals surface area (Å²) in [5, 5.41) is 4.13. The highest BCUT2D eigenvalue weighted by molar-refractivity contribution is 7.80. The number of carbonyl (C=O) groups excluding carboxylic acids is 1. The van der Waals surface area contributed by atoms with Gasteiger partial charge in [-0.2, -0.15) is 5.10 Å². The van der Waals surface area contributed by atoms with Gasteiger partial charge in [-0.3, -0.25) is 9.80 Å². The van der Waals surface area contributed by atoms with Gasteiger partial charge < -0.3 is 24.0 Å². The number of rotatable bonds is 10. The Morgan fingerprint density at radius 1 is 0.959 bits per heavy atom. The predicted octanol–water partition coefficient (Wildman–Crippen LogP) is 5.21. The van der Waals surface area contributed by atoms with Gasteiger partial charge in [0.25, 0.3) is 0 Å². The molecule has 49 heavy (non-hydrogen) atoms. The highest BCUT2D eigenvalue weighted by Gasteiger charge is 2.46.